The molecule has 2 fully saturated rings. The van der Waals surface area contributed by atoms with E-state index in [1.807, 2.05) is 12.1 Å². The van der Waals surface area contributed by atoms with E-state index in [0.29, 0.717) is 68.2 Å². The smallest absolute Gasteiger partial charge is 0.255 e. The lowest BCUT2D eigenvalue weighted by Gasteiger charge is -2.33. The third kappa shape index (κ3) is 7.11. The second-order valence-electron chi connectivity index (χ2n) is 10.1. The molecule has 196 valence electrons. The maximum Gasteiger partial charge on any atom is 0.255 e. The van der Waals surface area contributed by atoms with Crippen LogP contribution in [0.1, 0.15) is 62.2 Å². The Hall–Kier alpha value is -1.84. The molecule has 3 aliphatic heterocycles. The van der Waals surface area contributed by atoms with Crippen molar-refractivity contribution >= 4 is 15.9 Å². The number of amides is 1. The van der Waals surface area contributed by atoms with E-state index in [1.54, 1.807) is 10.4 Å². The lowest BCUT2D eigenvalue weighted by Crippen LogP contribution is -2.41. The fourth-order valence-electron chi connectivity index (χ4n) is 5.48. The molecular weight excluding hydrogens is 466 g/mol. The quantitative estimate of drug-likeness (QED) is 0.524. The molecule has 8 nitrogen and oxygen atoms in total. The molecule has 0 atom stereocenters. The van der Waals surface area contributed by atoms with Crippen LogP contribution in [0.3, 0.4) is 0 Å². The largest absolute Gasteiger partial charge is 0.486 e. The van der Waals surface area contributed by atoms with E-state index in [1.165, 1.54) is 12.8 Å². The number of hydrogen-bond acceptors (Lipinski definition) is 6. The Morgan fingerprint density at radius 2 is 1.74 bits per heavy atom. The van der Waals surface area contributed by atoms with E-state index in [9.17, 15) is 13.2 Å². The first-order valence-corrected chi connectivity index (χ1v) is 14.9. The van der Waals surface area contributed by atoms with Gasteiger partial charge in [0.15, 0.2) is 11.5 Å². The van der Waals surface area contributed by atoms with E-state index >= 15 is 0 Å². The molecule has 2 saturated heterocycles. The van der Waals surface area contributed by atoms with E-state index in [2.05, 4.69) is 17.1 Å². The summed E-state index contributed by atoms with van der Waals surface area (Å²) in [5.41, 5.74) is 0.524. The summed E-state index contributed by atoms with van der Waals surface area (Å²) in [6.45, 7) is 7.88. The molecule has 0 bridgehead atoms. The van der Waals surface area contributed by atoms with Gasteiger partial charge in [0.2, 0.25) is 10.0 Å². The van der Waals surface area contributed by atoms with Crippen molar-refractivity contribution < 1.29 is 22.7 Å². The summed E-state index contributed by atoms with van der Waals surface area (Å²) in [7, 11) is -3.14. The SMILES string of the molecule is CCCC1CCN(S(=O)(=O)CCCN2CCC(CNC(=O)c3cccc4c3OCCO4)CC2)CC1. The van der Waals surface area contributed by atoms with Crippen molar-refractivity contribution in [1.82, 2.24) is 14.5 Å². The third-order valence-corrected chi connectivity index (χ3v) is 9.57. The number of para-hydroxylation sites is 1. The van der Waals surface area contributed by atoms with Gasteiger partial charge in [0.05, 0.1) is 11.3 Å². The van der Waals surface area contributed by atoms with Crippen LogP contribution in [-0.4, -0.2) is 81.8 Å². The van der Waals surface area contributed by atoms with E-state index in [-0.39, 0.29) is 11.7 Å². The number of carbonyl (C=O) groups excluding carboxylic acids is 1. The number of benzene rings is 1. The van der Waals surface area contributed by atoms with Gasteiger partial charge in [-0.05, 0) is 75.7 Å². The van der Waals surface area contributed by atoms with Gasteiger partial charge >= 0.3 is 0 Å². The number of sulfonamides is 1. The maximum absolute atomic E-state index is 12.7. The van der Waals surface area contributed by atoms with Crippen molar-refractivity contribution in [2.45, 2.75) is 51.9 Å². The van der Waals surface area contributed by atoms with Crippen molar-refractivity contribution in [2.75, 3.05) is 58.2 Å². The predicted molar refractivity (Wildman–Crippen MR) is 137 cm³/mol. The Labute approximate surface area is 210 Å². The molecule has 9 heteroatoms. The van der Waals surface area contributed by atoms with Crippen molar-refractivity contribution in [3.63, 3.8) is 0 Å². The minimum atomic E-state index is -3.14. The summed E-state index contributed by atoms with van der Waals surface area (Å²) in [6.07, 6.45) is 7.09. The van der Waals surface area contributed by atoms with Gasteiger partial charge in [-0.25, -0.2) is 12.7 Å². The molecule has 0 aliphatic carbocycles. The summed E-state index contributed by atoms with van der Waals surface area (Å²) in [5, 5.41) is 3.07. The monoisotopic (exact) mass is 507 g/mol. The lowest BCUT2D eigenvalue weighted by atomic mass is 9.94. The predicted octanol–water partition coefficient (Wildman–Crippen LogP) is 3.13. The van der Waals surface area contributed by atoms with Crippen LogP contribution in [0.5, 0.6) is 11.5 Å². The number of nitrogens with one attached hydrogen (secondary N) is 1. The lowest BCUT2D eigenvalue weighted by molar-refractivity contribution is 0.0925. The van der Waals surface area contributed by atoms with Gasteiger partial charge in [-0.1, -0.05) is 25.8 Å². The molecule has 0 radical (unpaired) electrons. The van der Waals surface area contributed by atoms with E-state index in [0.717, 1.165) is 45.3 Å². The minimum absolute atomic E-state index is 0.126. The first-order valence-electron chi connectivity index (χ1n) is 13.3. The zero-order chi connectivity index (χ0) is 24.7. The zero-order valence-electron chi connectivity index (χ0n) is 21.0. The van der Waals surface area contributed by atoms with Crippen molar-refractivity contribution in [2.24, 2.45) is 11.8 Å². The van der Waals surface area contributed by atoms with Crippen molar-refractivity contribution in [1.29, 1.82) is 0 Å². The number of carbonyl (C=O) groups is 1. The second-order valence-corrected chi connectivity index (χ2v) is 12.2. The Morgan fingerprint density at radius 3 is 2.49 bits per heavy atom. The van der Waals surface area contributed by atoms with Crippen LogP contribution in [0, 0.1) is 11.8 Å². The number of nitrogens with zero attached hydrogens (tertiary/aromatic N) is 2. The highest BCUT2D eigenvalue weighted by molar-refractivity contribution is 7.89. The standard InChI is InChI=1S/C26H41N3O5S/c1-2-5-21-10-15-29(16-11-21)35(31,32)19-4-12-28-13-8-22(9-14-28)20-27-26(30)23-6-3-7-24-25(23)34-18-17-33-24/h3,6-7,21-22H,2,4-5,8-20H2,1H3,(H,27,30). The van der Waals surface area contributed by atoms with Gasteiger partial charge in [0, 0.05) is 19.6 Å². The molecule has 0 aromatic heterocycles. The highest BCUT2D eigenvalue weighted by atomic mass is 32.2. The van der Waals surface area contributed by atoms with Crippen LogP contribution >= 0.6 is 0 Å². The van der Waals surface area contributed by atoms with Crippen LogP contribution in [-0.2, 0) is 10.0 Å². The fraction of sp³-hybridized carbons (Fsp3) is 0.731. The number of rotatable bonds is 10. The molecule has 0 unspecified atom stereocenters. The molecule has 1 N–H and O–H groups in total. The molecule has 0 saturated carbocycles. The molecule has 1 aromatic carbocycles. The van der Waals surface area contributed by atoms with Gasteiger partial charge in [-0.2, -0.15) is 0 Å². The van der Waals surface area contributed by atoms with Gasteiger partial charge in [-0.15, -0.1) is 0 Å². The maximum atomic E-state index is 12.7. The average Bonchev–Trinajstić information content (AvgIpc) is 2.88. The van der Waals surface area contributed by atoms with Crippen LogP contribution in [0.2, 0.25) is 0 Å². The number of piperidine rings is 2. The van der Waals surface area contributed by atoms with E-state index < -0.39 is 10.0 Å². The van der Waals surface area contributed by atoms with E-state index in [4.69, 9.17) is 9.47 Å². The molecule has 3 heterocycles. The Morgan fingerprint density at radius 1 is 1.03 bits per heavy atom. The molecule has 1 aromatic rings. The highest BCUT2D eigenvalue weighted by Gasteiger charge is 2.28. The van der Waals surface area contributed by atoms with Gasteiger partial charge in [-0.3, -0.25) is 4.79 Å². The Kier molecular flexibility index (Phi) is 9.30. The average molecular weight is 508 g/mol. The molecule has 0 spiro atoms. The molecular formula is C26H41N3O5S. The molecule has 3 aliphatic rings. The number of ether oxygens (including phenoxy) is 2. The van der Waals surface area contributed by atoms with Crippen LogP contribution < -0.4 is 14.8 Å². The van der Waals surface area contributed by atoms with Crippen LogP contribution in [0.15, 0.2) is 18.2 Å². The number of fused-ring (bicyclic) bond motifs is 1. The molecule has 35 heavy (non-hydrogen) atoms. The summed E-state index contributed by atoms with van der Waals surface area (Å²) in [5.74, 6) is 2.40. The number of likely N-dealkylation sites (tertiary alicyclic amines) is 1. The molecule has 1 amide bonds. The summed E-state index contributed by atoms with van der Waals surface area (Å²) >= 11 is 0. The van der Waals surface area contributed by atoms with Gasteiger partial charge < -0.3 is 19.7 Å². The summed E-state index contributed by atoms with van der Waals surface area (Å²) < 4.78 is 38.4. The minimum Gasteiger partial charge on any atom is -0.486 e. The van der Waals surface area contributed by atoms with Crippen molar-refractivity contribution in [3.05, 3.63) is 23.8 Å². The fourth-order valence-corrected chi connectivity index (χ4v) is 7.00. The van der Waals surface area contributed by atoms with Crippen LogP contribution in [0.4, 0.5) is 0 Å². The first kappa shape index (κ1) is 26.2. The van der Waals surface area contributed by atoms with Gasteiger partial charge in [0.25, 0.3) is 5.91 Å². The summed E-state index contributed by atoms with van der Waals surface area (Å²) in [4.78, 5) is 15.1. The number of hydrogen-bond donors (Lipinski definition) is 1. The highest BCUT2D eigenvalue weighted by Crippen LogP contribution is 2.33. The first-order chi connectivity index (χ1) is 17.0. The zero-order valence-corrected chi connectivity index (χ0v) is 21.9. The Balaban J connectivity index is 1.13. The molecule has 4 rings (SSSR count). The van der Waals surface area contributed by atoms with Crippen molar-refractivity contribution in [3.8, 4) is 11.5 Å². The third-order valence-electron chi connectivity index (χ3n) is 7.61. The normalized spacial score (nSPS) is 20.6. The van der Waals surface area contributed by atoms with Gasteiger partial charge in [0.1, 0.15) is 13.2 Å². The topological polar surface area (TPSA) is 88.2 Å². The summed E-state index contributed by atoms with van der Waals surface area (Å²) in [6, 6.07) is 5.41. The van der Waals surface area contributed by atoms with Crippen LogP contribution in [0.25, 0.3) is 0 Å². The Bertz CT molecular complexity index is 938. The second kappa shape index (κ2) is 12.4.